The van der Waals surface area contributed by atoms with Crippen molar-refractivity contribution in [3.05, 3.63) is 18.3 Å². The predicted molar refractivity (Wildman–Crippen MR) is 88.6 cm³/mol. The van der Waals surface area contributed by atoms with Crippen LogP contribution < -0.4 is 5.32 Å². The second-order valence-corrected chi connectivity index (χ2v) is 8.56. The zero-order valence-electron chi connectivity index (χ0n) is 13.9. The van der Waals surface area contributed by atoms with Gasteiger partial charge in [0.25, 0.3) is 0 Å². The van der Waals surface area contributed by atoms with Gasteiger partial charge in [-0.25, -0.2) is 8.42 Å². The van der Waals surface area contributed by atoms with Gasteiger partial charge in [0.05, 0.1) is 11.9 Å². The van der Waals surface area contributed by atoms with E-state index < -0.39 is 25.7 Å². The van der Waals surface area contributed by atoms with E-state index in [0.717, 1.165) is 0 Å². The number of carbonyl (C=O) groups is 1. The number of nitrogens with one attached hydrogen (secondary N) is 1. The van der Waals surface area contributed by atoms with Crippen LogP contribution in [-0.4, -0.2) is 41.2 Å². The fourth-order valence-electron chi connectivity index (χ4n) is 2.12. The number of anilines is 1. The number of nitrogens with zero attached hydrogens (tertiary/aromatic N) is 1. The number of aromatic nitrogens is 1. The third-order valence-electron chi connectivity index (χ3n) is 3.91. The Kier molecular flexibility index (Phi) is 6.12. The molecule has 0 spiro atoms. The molecule has 0 atom stereocenters. The number of aliphatic hydroxyl groups is 1. The van der Waals surface area contributed by atoms with Gasteiger partial charge < -0.3 is 9.63 Å². The van der Waals surface area contributed by atoms with Gasteiger partial charge in [0.1, 0.15) is 10.4 Å². The second kappa shape index (κ2) is 7.27. The summed E-state index contributed by atoms with van der Waals surface area (Å²) in [5.41, 5.74) is 0.626. The van der Waals surface area contributed by atoms with Crippen molar-refractivity contribution in [1.29, 1.82) is 0 Å². The van der Waals surface area contributed by atoms with Gasteiger partial charge in [-0.3, -0.25) is 10.1 Å². The van der Waals surface area contributed by atoms with E-state index in [1.165, 1.54) is 19.9 Å². The lowest BCUT2D eigenvalue weighted by molar-refractivity contribution is -0.118. The quantitative estimate of drug-likeness (QED) is 0.746. The molecule has 0 unspecified atom stereocenters. The molecule has 0 aromatic carbocycles. The highest BCUT2D eigenvalue weighted by atomic mass is 32.2. The molecule has 7 nitrogen and oxygen atoms in total. The van der Waals surface area contributed by atoms with Crippen LogP contribution in [0.3, 0.4) is 0 Å². The first-order chi connectivity index (χ1) is 10.6. The van der Waals surface area contributed by atoms with Crippen LogP contribution in [0, 0.1) is 0 Å². The molecule has 0 bridgehead atoms. The summed E-state index contributed by atoms with van der Waals surface area (Å²) in [6.45, 7) is 9.60. The summed E-state index contributed by atoms with van der Waals surface area (Å²) in [6, 6.07) is 1.39. The molecule has 1 aromatic rings. The van der Waals surface area contributed by atoms with E-state index in [0.29, 0.717) is 24.1 Å². The maximum Gasteiger partial charge on any atom is 0.247 e. The molecule has 1 heterocycles. The SMILES string of the molecule is C=C(CO)c1cc(NC(=O)C(C)(C)S(=O)(=O)C(CC)CC)on1. The third-order valence-corrected chi connectivity index (χ3v) is 7.06. The van der Waals surface area contributed by atoms with Crippen LogP contribution >= 0.6 is 0 Å². The molecule has 8 heteroatoms. The van der Waals surface area contributed by atoms with E-state index in [1.807, 2.05) is 0 Å². The second-order valence-electron chi connectivity index (χ2n) is 5.79. The van der Waals surface area contributed by atoms with Crippen molar-refractivity contribution < 1.29 is 22.8 Å². The monoisotopic (exact) mass is 344 g/mol. The van der Waals surface area contributed by atoms with Gasteiger partial charge in [-0.15, -0.1) is 0 Å². The fourth-order valence-corrected chi connectivity index (χ4v) is 4.14. The van der Waals surface area contributed by atoms with Crippen molar-refractivity contribution in [1.82, 2.24) is 5.16 Å². The third kappa shape index (κ3) is 3.81. The molecule has 0 aliphatic carbocycles. The van der Waals surface area contributed by atoms with E-state index in [-0.39, 0.29) is 12.5 Å². The van der Waals surface area contributed by atoms with E-state index in [1.54, 1.807) is 13.8 Å². The number of amides is 1. The van der Waals surface area contributed by atoms with Gasteiger partial charge >= 0.3 is 0 Å². The Morgan fingerprint density at radius 3 is 2.48 bits per heavy atom. The lowest BCUT2D eigenvalue weighted by Crippen LogP contribution is -2.48. The largest absolute Gasteiger partial charge is 0.392 e. The van der Waals surface area contributed by atoms with Gasteiger partial charge in [-0.05, 0) is 32.3 Å². The van der Waals surface area contributed by atoms with E-state index in [9.17, 15) is 13.2 Å². The Morgan fingerprint density at radius 2 is 2.00 bits per heavy atom. The molecule has 1 rings (SSSR count). The zero-order chi connectivity index (χ0) is 17.8. The lowest BCUT2D eigenvalue weighted by atomic mass is 10.2. The average molecular weight is 344 g/mol. The number of sulfone groups is 1. The van der Waals surface area contributed by atoms with Crippen molar-refractivity contribution >= 4 is 27.2 Å². The number of carbonyl (C=O) groups excluding carboxylic acids is 1. The summed E-state index contributed by atoms with van der Waals surface area (Å²) < 4.78 is 28.6. The van der Waals surface area contributed by atoms with Gasteiger partial charge in [0.2, 0.25) is 11.8 Å². The standard InChI is InChI=1S/C15H24N2O5S/c1-6-11(7-2)23(20,21)15(4,5)14(19)16-13-8-12(17-22-13)10(3)9-18/h8,11,18H,3,6-7,9H2,1-2,4-5H3,(H,16,19). The van der Waals surface area contributed by atoms with Crippen LogP contribution in [0.25, 0.3) is 5.57 Å². The van der Waals surface area contributed by atoms with Crippen LogP contribution in [0.2, 0.25) is 0 Å². The van der Waals surface area contributed by atoms with Crippen LogP contribution in [-0.2, 0) is 14.6 Å². The van der Waals surface area contributed by atoms with Gasteiger partial charge in [-0.2, -0.15) is 0 Å². The van der Waals surface area contributed by atoms with Crippen LogP contribution in [0.5, 0.6) is 0 Å². The molecule has 1 aromatic heterocycles. The Morgan fingerprint density at radius 1 is 1.43 bits per heavy atom. The molecule has 0 saturated heterocycles. The Balaban J connectivity index is 2.99. The van der Waals surface area contributed by atoms with E-state index >= 15 is 0 Å². The summed E-state index contributed by atoms with van der Waals surface area (Å²) >= 11 is 0. The summed E-state index contributed by atoms with van der Waals surface area (Å²) in [5.74, 6) is -0.686. The van der Waals surface area contributed by atoms with Crippen LogP contribution in [0.4, 0.5) is 5.88 Å². The summed E-state index contributed by atoms with van der Waals surface area (Å²) in [7, 11) is -3.67. The topological polar surface area (TPSA) is 110 Å². The molecule has 0 aliphatic rings. The van der Waals surface area contributed by atoms with Crippen molar-refractivity contribution in [2.45, 2.75) is 50.5 Å². The number of aliphatic hydroxyl groups excluding tert-OH is 1. The highest BCUT2D eigenvalue weighted by Gasteiger charge is 2.45. The zero-order valence-corrected chi connectivity index (χ0v) is 14.7. The smallest absolute Gasteiger partial charge is 0.247 e. The molecule has 23 heavy (non-hydrogen) atoms. The van der Waals surface area contributed by atoms with Crippen molar-refractivity contribution in [3.63, 3.8) is 0 Å². The molecule has 0 aliphatic heterocycles. The molecule has 0 fully saturated rings. The van der Waals surface area contributed by atoms with Gasteiger partial charge in [0, 0.05) is 6.07 Å². The van der Waals surface area contributed by atoms with Crippen LogP contribution in [0.1, 0.15) is 46.2 Å². The first-order valence-electron chi connectivity index (χ1n) is 7.42. The summed E-state index contributed by atoms with van der Waals surface area (Å²) in [4.78, 5) is 12.4. The first kappa shape index (κ1) is 19.4. The summed E-state index contributed by atoms with van der Waals surface area (Å²) in [5, 5.41) is 14.5. The van der Waals surface area contributed by atoms with E-state index in [2.05, 4.69) is 17.1 Å². The summed E-state index contributed by atoms with van der Waals surface area (Å²) in [6.07, 6.45) is 0.886. The van der Waals surface area contributed by atoms with E-state index in [4.69, 9.17) is 9.63 Å². The Bertz CT molecular complexity index is 672. The molecule has 130 valence electrons. The van der Waals surface area contributed by atoms with Crippen molar-refractivity contribution in [3.8, 4) is 0 Å². The maximum absolute atomic E-state index is 12.7. The highest BCUT2D eigenvalue weighted by molar-refractivity contribution is 7.94. The molecular formula is C15H24N2O5S. The first-order valence-corrected chi connectivity index (χ1v) is 8.97. The van der Waals surface area contributed by atoms with Gasteiger partial charge in [0.15, 0.2) is 9.84 Å². The van der Waals surface area contributed by atoms with Crippen molar-refractivity contribution in [2.24, 2.45) is 0 Å². The molecule has 0 radical (unpaired) electrons. The Labute approximate surface area is 136 Å². The minimum absolute atomic E-state index is 0.00687. The molecule has 1 amide bonds. The Hall–Kier alpha value is -1.67. The maximum atomic E-state index is 12.7. The van der Waals surface area contributed by atoms with Gasteiger partial charge in [-0.1, -0.05) is 25.6 Å². The minimum atomic E-state index is -3.67. The fraction of sp³-hybridized carbons (Fsp3) is 0.600. The number of hydrogen-bond acceptors (Lipinski definition) is 6. The molecule has 2 N–H and O–H groups in total. The lowest BCUT2D eigenvalue weighted by Gasteiger charge is -2.27. The average Bonchev–Trinajstić information content (AvgIpc) is 2.95. The predicted octanol–water partition coefficient (Wildman–Crippen LogP) is 2.00. The molecular weight excluding hydrogens is 320 g/mol. The molecule has 0 saturated carbocycles. The number of hydrogen-bond donors (Lipinski definition) is 2. The highest BCUT2D eigenvalue weighted by Crippen LogP contribution is 2.27. The normalized spacial score (nSPS) is 12.4. The van der Waals surface area contributed by atoms with Crippen LogP contribution in [0.15, 0.2) is 17.2 Å². The number of rotatable bonds is 8. The van der Waals surface area contributed by atoms with Crippen molar-refractivity contribution in [2.75, 3.05) is 11.9 Å². The minimum Gasteiger partial charge on any atom is -0.392 e.